The first-order chi connectivity index (χ1) is 11.2. The molecule has 0 unspecified atom stereocenters. The van der Waals surface area contributed by atoms with Crippen molar-refractivity contribution >= 4 is 12.0 Å². The minimum absolute atomic E-state index is 0.0474. The highest BCUT2D eigenvalue weighted by Crippen LogP contribution is 2.35. The Morgan fingerprint density at radius 1 is 1.43 bits per heavy atom. The Kier molecular flexibility index (Phi) is 4.49. The van der Waals surface area contributed by atoms with E-state index in [2.05, 4.69) is 5.32 Å². The van der Waals surface area contributed by atoms with Crippen LogP contribution in [0.1, 0.15) is 24.0 Å². The van der Waals surface area contributed by atoms with Crippen molar-refractivity contribution < 1.29 is 19.0 Å². The first kappa shape index (κ1) is 15.4. The molecule has 0 saturated carbocycles. The van der Waals surface area contributed by atoms with E-state index in [4.69, 9.17) is 14.2 Å². The summed E-state index contributed by atoms with van der Waals surface area (Å²) < 4.78 is 16.1. The number of fused-ring (bicyclic) bond motifs is 1. The molecule has 1 fully saturated rings. The zero-order valence-electron chi connectivity index (χ0n) is 12.9. The lowest BCUT2D eigenvalue weighted by atomic mass is 10.0. The molecule has 120 valence electrons. The van der Waals surface area contributed by atoms with Gasteiger partial charge < -0.3 is 19.5 Å². The number of hydrogen-bond acceptors (Lipinski definition) is 5. The number of carbonyl (C=O) groups is 1. The third kappa shape index (κ3) is 3.46. The molecule has 0 aromatic heterocycles. The number of ether oxygens (including phenoxy) is 3. The zero-order chi connectivity index (χ0) is 16.2. The maximum absolute atomic E-state index is 12.2. The minimum atomic E-state index is -0.389. The van der Waals surface area contributed by atoms with Crippen LogP contribution in [0.2, 0.25) is 0 Å². The minimum Gasteiger partial charge on any atom is -0.454 e. The van der Waals surface area contributed by atoms with Gasteiger partial charge in [0.2, 0.25) is 6.79 Å². The lowest BCUT2D eigenvalue weighted by molar-refractivity contribution is -0.117. The summed E-state index contributed by atoms with van der Waals surface area (Å²) in [5, 5.41) is 12.0. The normalized spacial score (nSPS) is 19.5. The fourth-order valence-electron chi connectivity index (χ4n) is 2.63. The Morgan fingerprint density at radius 2 is 2.22 bits per heavy atom. The first-order valence-corrected chi connectivity index (χ1v) is 7.59. The quantitative estimate of drug-likeness (QED) is 0.678. The molecular formula is C17H18N2O4. The molecular weight excluding hydrogens is 296 g/mol. The van der Waals surface area contributed by atoms with Gasteiger partial charge in [-0.1, -0.05) is 0 Å². The number of rotatable bonds is 4. The van der Waals surface area contributed by atoms with Crippen LogP contribution in [0.4, 0.5) is 0 Å². The highest BCUT2D eigenvalue weighted by Gasteiger charge is 2.19. The standard InChI is InChI=1S/C17H18N2O4/c1-11-5-15-16(23-10-22-15)7-12(11)6-13(8-18)17(20)19-9-14-3-2-4-21-14/h5-7,14H,2-4,9-10H2,1H3,(H,19,20)/b13-6+/t14-/m0/s1. The van der Waals surface area contributed by atoms with E-state index in [1.807, 2.05) is 19.1 Å². The molecule has 0 bridgehead atoms. The van der Waals surface area contributed by atoms with E-state index < -0.39 is 0 Å². The van der Waals surface area contributed by atoms with Crippen LogP contribution in [0, 0.1) is 18.3 Å². The molecule has 1 aromatic rings. The van der Waals surface area contributed by atoms with E-state index in [1.54, 1.807) is 12.1 Å². The molecule has 2 aliphatic heterocycles. The van der Waals surface area contributed by atoms with Crippen molar-refractivity contribution in [3.8, 4) is 17.6 Å². The maximum Gasteiger partial charge on any atom is 0.262 e. The number of carbonyl (C=O) groups excluding carboxylic acids is 1. The van der Waals surface area contributed by atoms with E-state index in [9.17, 15) is 10.1 Å². The second-order valence-electron chi connectivity index (χ2n) is 5.58. The van der Waals surface area contributed by atoms with Crippen LogP contribution >= 0.6 is 0 Å². The van der Waals surface area contributed by atoms with Crippen molar-refractivity contribution in [3.63, 3.8) is 0 Å². The summed E-state index contributed by atoms with van der Waals surface area (Å²) in [5.74, 6) is 0.917. The van der Waals surface area contributed by atoms with Crippen LogP contribution in [0.5, 0.6) is 11.5 Å². The van der Waals surface area contributed by atoms with Crippen LogP contribution < -0.4 is 14.8 Å². The monoisotopic (exact) mass is 314 g/mol. The third-order valence-electron chi connectivity index (χ3n) is 3.94. The SMILES string of the molecule is Cc1cc2c(cc1/C=C(\C#N)C(=O)NC[C@@H]1CCCO1)OCO2. The summed E-state index contributed by atoms with van der Waals surface area (Å²) in [7, 11) is 0. The van der Waals surface area contributed by atoms with Crippen LogP contribution in [-0.4, -0.2) is 32.0 Å². The van der Waals surface area contributed by atoms with E-state index >= 15 is 0 Å². The Balaban J connectivity index is 1.73. The van der Waals surface area contributed by atoms with Gasteiger partial charge in [0, 0.05) is 13.2 Å². The summed E-state index contributed by atoms with van der Waals surface area (Å²) in [4.78, 5) is 12.2. The molecule has 6 heteroatoms. The molecule has 1 saturated heterocycles. The maximum atomic E-state index is 12.2. The van der Waals surface area contributed by atoms with Gasteiger partial charge in [-0.25, -0.2) is 0 Å². The average Bonchev–Trinajstić information content (AvgIpc) is 3.21. The van der Waals surface area contributed by atoms with Gasteiger partial charge in [0.15, 0.2) is 11.5 Å². The largest absolute Gasteiger partial charge is 0.454 e. The van der Waals surface area contributed by atoms with Gasteiger partial charge in [-0.2, -0.15) is 5.26 Å². The van der Waals surface area contributed by atoms with Gasteiger partial charge in [-0.3, -0.25) is 4.79 Å². The molecule has 2 heterocycles. The van der Waals surface area contributed by atoms with E-state index in [-0.39, 0.29) is 24.4 Å². The lowest BCUT2D eigenvalue weighted by Crippen LogP contribution is -2.32. The summed E-state index contributed by atoms with van der Waals surface area (Å²) in [6, 6.07) is 5.58. The topological polar surface area (TPSA) is 80.6 Å². The predicted molar refractivity (Wildman–Crippen MR) is 82.9 cm³/mol. The van der Waals surface area contributed by atoms with Gasteiger partial charge in [-0.15, -0.1) is 0 Å². The molecule has 0 spiro atoms. The van der Waals surface area contributed by atoms with E-state index in [0.29, 0.717) is 18.0 Å². The highest BCUT2D eigenvalue weighted by atomic mass is 16.7. The van der Waals surface area contributed by atoms with Gasteiger partial charge >= 0.3 is 0 Å². The number of nitrogens with zero attached hydrogens (tertiary/aromatic N) is 1. The van der Waals surface area contributed by atoms with Crippen molar-refractivity contribution in [2.75, 3.05) is 19.9 Å². The number of nitrogens with one attached hydrogen (secondary N) is 1. The summed E-state index contributed by atoms with van der Waals surface area (Å²) >= 11 is 0. The fraction of sp³-hybridized carbons (Fsp3) is 0.412. The van der Waals surface area contributed by atoms with Crippen LogP contribution in [-0.2, 0) is 9.53 Å². The van der Waals surface area contributed by atoms with Crippen molar-refractivity contribution in [1.82, 2.24) is 5.32 Å². The van der Waals surface area contributed by atoms with Crippen LogP contribution in [0.25, 0.3) is 6.08 Å². The van der Waals surface area contributed by atoms with Gasteiger partial charge in [0.25, 0.3) is 5.91 Å². The van der Waals surface area contributed by atoms with E-state index in [1.165, 1.54) is 0 Å². The zero-order valence-corrected chi connectivity index (χ0v) is 12.9. The van der Waals surface area contributed by atoms with E-state index in [0.717, 1.165) is 30.6 Å². The second-order valence-corrected chi connectivity index (χ2v) is 5.58. The molecule has 0 radical (unpaired) electrons. The number of hydrogen-bond donors (Lipinski definition) is 1. The Bertz CT molecular complexity index is 685. The number of nitriles is 1. The molecule has 23 heavy (non-hydrogen) atoms. The summed E-state index contributed by atoms with van der Waals surface area (Å²) in [6.07, 6.45) is 3.57. The lowest BCUT2D eigenvalue weighted by Gasteiger charge is -2.10. The molecule has 6 nitrogen and oxygen atoms in total. The Morgan fingerprint density at radius 3 is 2.91 bits per heavy atom. The van der Waals surface area contributed by atoms with Crippen molar-refractivity contribution in [1.29, 1.82) is 5.26 Å². The molecule has 1 amide bonds. The number of aryl methyl sites for hydroxylation is 1. The van der Waals surface area contributed by atoms with Gasteiger partial charge in [0.1, 0.15) is 11.6 Å². The summed E-state index contributed by atoms with van der Waals surface area (Å²) in [6.45, 7) is 3.25. The Hall–Kier alpha value is -2.52. The van der Waals surface area contributed by atoms with Gasteiger partial charge in [0.05, 0.1) is 6.10 Å². The average molecular weight is 314 g/mol. The fourth-order valence-corrected chi connectivity index (χ4v) is 2.63. The molecule has 1 N–H and O–H groups in total. The third-order valence-corrected chi connectivity index (χ3v) is 3.94. The molecule has 1 aromatic carbocycles. The van der Waals surface area contributed by atoms with Crippen molar-refractivity contribution in [2.45, 2.75) is 25.9 Å². The smallest absolute Gasteiger partial charge is 0.262 e. The number of benzene rings is 1. The van der Waals surface area contributed by atoms with Crippen LogP contribution in [0.3, 0.4) is 0 Å². The Labute approximate surface area is 134 Å². The molecule has 0 aliphatic carbocycles. The van der Waals surface area contributed by atoms with Gasteiger partial charge in [-0.05, 0) is 49.1 Å². The molecule has 1 atom stereocenters. The van der Waals surface area contributed by atoms with Crippen molar-refractivity contribution in [2.24, 2.45) is 0 Å². The highest BCUT2D eigenvalue weighted by molar-refractivity contribution is 6.01. The molecule has 2 aliphatic rings. The number of amides is 1. The first-order valence-electron chi connectivity index (χ1n) is 7.59. The molecule has 3 rings (SSSR count). The summed E-state index contributed by atoms with van der Waals surface area (Å²) in [5.41, 5.74) is 1.73. The van der Waals surface area contributed by atoms with Crippen molar-refractivity contribution in [3.05, 3.63) is 28.8 Å². The van der Waals surface area contributed by atoms with Crippen LogP contribution in [0.15, 0.2) is 17.7 Å². The predicted octanol–water partition coefficient (Wildman–Crippen LogP) is 1.93. The second kappa shape index (κ2) is 6.71.